The Balaban J connectivity index is 1.95. The smallest absolute Gasteiger partial charge is 0.188 e. The van der Waals surface area contributed by atoms with E-state index in [1.807, 2.05) is 0 Å². The lowest BCUT2D eigenvalue weighted by Gasteiger charge is -2.35. The molecule has 1 fully saturated rings. The minimum Gasteiger partial charge on any atom is -0.506 e. The molecule has 0 unspecified atom stereocenters. The van der Waals surface area contributed by atoms with Crippen molar-refractivity contribution in [3.63, 3.8) is 0 Å². The minimum absolute atomic E-state index is 0.227. The van der Waals surface area contributed by atoms with Crippen LogP contribution in [0.5, 0.6) is 17.2 Å². The van der Waals surface area contributed by atoms with Gasteiger partial charge in [-0.15, -0.1) is 0 Å². The topological polar surface area (TPSA) is 71.2 Å². The van der Waals surface area contributed by atoms with Crippen LogP contribution in [0.1, 0.15) is 0 Å². The van der Waals surface area contributed by atoms with E-state index in [4.69, 9.17) is 15.3 Å². The van der Waals surface area contributed by atoms with Gasteiger partial charge in [-0.05, 0) is 12.1 Å². The summed E-state index contributed by atoms with van der Waals surface area (Å²) in [5, 5.41) is 11.8. The van der Waals surface area contributed by atoms with Gasteiger partial charge in [0.2, 0.25) is 0 Å². The van der Waals surface area contributed by atoms with Crippen molar-refractivity contribution in [2.45, 2.75) is 0 Å². The summed E-state index contributed by atoms with van der Waals surface area (Å²) in [5.74, 6) is 7.31. The van der Waals surface area contributed by atoms with E-state index in [2.05, 4.69) is 4.90 Å². The lowest BCUT2D eigenvalue weighted by atomic mass is 10.2. The molecule has 0 spiro atoms. The number of rotatable bonds is 1. The van der Waals surface area contributed by atoms with Crippen LogP contribution in [0, 0.1) is 0 Å². The van der Waals surface area contributed by atoms with E-state index < -0.39 is 0 Å². The third kappa shape index (κ3) is 1.93. The van der Waals surface area contributed by atoms with E-state index in [9.17, 15) is 5.11 Å². The first-order chi connectivity index (χ1) is 8.75. The Bertz CT molecular complexity index is 444. The van der Waals surface area contributed by atoms with Crippen LogP contribution in [0.25, 0.3) is 0 Å². The van der Waals surface area contributed by atoms with E-state index >= 15 is 0 Å². The highest BCUT2D eigenvalue weighted by atomic mass is 16.6. The normalized spacial score (nSPS) is 19.9. The SMILES string of the molecule is NN1CCN(c2c(O)ccc3c2OCCO3)CC1. The average Bonchev–Trinajstić information content (AvgIpc) is 2.40. The zero-order chi connectivity index (χ0) is 12.5. The number of ether oxygens (including phenoxy) is 2. The molecular formula is C12H17N3O3. The third-order valence-corrected chi connectivity index (χ3v) is 3.29. The summed E-state index contributed by atoms with van der Waals surface area (Å²) < 4.78 is 11.2. The summed E-state index contributed by atoms with van der Waals surface area (Å²) in [7, 11) is 0. The Hall–Kier alpha value is -1.66. The van der Waals surface area contributed by atoms with Crippen LogP contribution in [-0.4, -0.2) is 49.5 Å². The first kappa shape index (κ1) is 11.4. The summed E-state index contributed by atoms with van der Waals surface area (Å²) >= 11 is 0. The lowest BCUT2D eigenvalue weighted by molar-refractivity contribution is 0.170. The summed E-state index contributed by atoms with van der Waals surface area (Å²) in [4.78, 5) is 2.09. The lowest BCUT2D eigenvalue weighted by Crippen LogP contribution is -2.49. The number of anilines is 1. The first-order valence-electron chi connectivity index (χ1n) is 6.12. The number of nitrogens with zero attached hydrogens (tertiary/aromatic N) is 2. The largest absolute Gasteiger partial charge is 0.506 e. The molecule has 0 saturated carbocycles. The molecule has 0 atom stereocenters. The van der Waals surface area contributed by atoms with E-state index in [1.54, 1.807) is 17.1 Å². The van der Waals surface area contributed by atoms with Gasteiger partial charge in [-0.2, -0.15) is 0 Å². The maximum atomic E-state index is 10.1. The number of aromatic hydroxyl groups is 1. The Kier molecular flexibility index (Phi) is 2.89. The number of phenols is 1. The maximum Gasteiger partial charge on any atom is 0.188 e. The van der Waals surface area contributed by atoms with Gasteiger partial charge in [0.05, 0.1) is 0 Å². The van der Waals surface area contributed by atoms with Gasteiger partial charge < -0.3 is 19.5 Å². The molecule has 0 radical (unpaired) electrons. The van der Waals surface area contributed by atoms with Crippen molar-refractivity contribution >= 4 is 5.69 Å². The molecular weight excluding hydrogens is 234 g/mol. The molecule has 0 aliphatic carbocycles. The van der Waals surface area contributed by atoms with Crippen molar-refractivity contribution in [2.75, 3.05) is 44.3 Å². The molecule has 3 N–H and O–H groups in total. The second-order valence-electron chi connectivity index (χ2n) is 4.48. The molecule has 0 aromatic heterocycles. The monoisotopic (exact) mass is 251 g/mol. The number of phenolic OH excluding ortho intramolecular Hbond substituents is 1. The maximum absolute atomic E-state index is 10.1. The predicted octanol–water partition coefficient (Wildman–Crippen LogP) is 0.159. The van der Waals surface area contributed by atoms with Crippen molar-refractivity contribution in [2.24, 2.45) is 5.84 Å². The molecule has 6 heteroatoms. The van der Waals surface area contributed by atoms with Gasteiger partial charge in [0.15, 0.2) is 11.5 Å². The highest BCUT2D eigenvalue weighted by Gasteiger charge is 2.25. The molecule has 18 heavy (non-hydrogen) atoms. The van der Waals surface area contributed by atoms with Crippen LogP contribution in [0.4, 0.5) is 5.69 Å². The molecule has 0 amide bonds. The number of piperazine rings is 1. The molecule has 1 saturated heterocycles. The molecule has 2 heterocycles. The zero-order valence-electron chi connectivity index (χ0n) is 10.1. The molecule has 1 aromatic carbocycles. The van der Waals surface area contributed by atoms with Gasteiger partial charge in [0.1, 0.15) is 24.7 Å². The quantitative estimate of drug-likeness (QED) is 0.693. The molecule has 2 aliphatic rings. The van der Waals surface area contributed by atoms with Gasteiger partial charge in [-0.3, -0.25) is 5.84 Å². The van der Waals surface area contributed by atoms with E-state index in [0.717, 1.165) is 31.9 Å². The van der Waals surface area contributed by atoms with Gasteiger partial charge in [0, 0.05) is 26.2 Å². The van der Waals surface area contributed by atoms with Crippen LogP contribution in [0.2, 0.25) is 0 Å². The van der Waals surface area contributed by atoms with Gasteiger partial charge >= 0.3 is 0 Å². The molecule has 3 rings (SSSR count). The van der Waals surface area contributed by atoms with Crippen LogP contribution in [-0.2, 0) is 0 Å². The fourth-order valence-electron chi connectivity index (χ4n) is 2.34. The number of hydrogen-bond acceptors (Lipinski definition) is 6. The van der Waals surface area contributed by atoms with Crippen molar-refractivity contribution in [1.82, 2.24) is 5.01 Å². The Morgan fingerprint density at radius 3 is 2.56 bits per heavy atom. The fourth-order valence-corrected chi connectivity index (χ4v) is 2.34. The van der Waals surface area contributed by atoms with Gasteiger partial charge in [-0.1, -0.05) is 0 Å². The predicted molar refractivity (Wildman–Crippen MR) is 67.1 cm³/mol. The fraction of sp³-hybridized carbons (Fsp3) is 0.500. The Morgan fingerprint density at radius 2 is 1.78 bits per heavy atom. The number of hydrogen-bond donors (Lipinski definition) is 2. The highest BCUT2D eigenvalue weighted by molar-refractivity contribution is 5.72. The molecule has 6 nitrogen and oxygen atoms in total. The Morgan fingerprint density at radius 1 is 1.06 bits per heavy atom. The highest BCUT2D eigenvalue weighted by Crippen LogP contribution is 2.45. The van der Waals surface area contributed by atoms with E-state index in [0.29, 0.717) is 24.7 Å². The standard InChI is InChI=1S/C12H17N3O3/c13-15-5-3-14(4-6-15)11-9(16)1-2-10-12(11)18-8-7-17-10/h1-2,16H,3-8,13H2. The Labute approximate surface area is 105 Å². The van der Waals surface area contributed by atoms with E-state index in [1.165, 1.54) is 0 Å². The van der Waals surface area contributed by atoms with Crippen LogP contribution in [0.15, 0.2) is 12.1 Å². The summed E-state index contributed by atoms with van der Waals surface area (Å²) in [6.45, 7) is 4.13. The van der Waals surface area contributed by atoms with E-state index in [-0.39, 0.29) is 5.75 Å². The molecule has 1 aromatic rings. The molecule has 98 valence electrons. The van der Waals surface area contributed by atoms with Crippen molar-refractivity contribution in [1.29, 1.82) is 0 Å². The summed E-state index contributed by atoms with van der Waals surface area (Å²) in [6.07, 6.45) is 0. The number of nitrogens with two attached hydrogens (primary N) is 1. The molecule has 2 aliphatic heterocycles. The minimum atomic E-state index is 0.227. The van der Waals surface area contributed by atoms with Crippen LogP contribution in [0.3, 0.4) is 0 Å². The third-order valence-electron chi connectivity index (χ3n) is 3.29. The van der Waals surface area contributed by atoms with Crippen molar-refractivity contribution < 1.29 is 14.6 Å². The number of hydrazine groups is 1. The number of benzene rings is 1. The second kappa shape index (κ2) is 4.55. The van der Waals surface area contributed by atoms with Gasteiger partial charge in [-0.25, -0.2) is 5.01 Å². The van der Waals surface area contributed by atoms with Gasteiger partial charge in [0.25, 0.3) is 0 Å². The number of fused-ring (bicyclic) bond motifs is 1. The zero-order valence-corrected chi connectivity index (χ0v) is 10.1. The van der Waals surface area contributed by atoms with Crippen LogP contribution < -0.4 is 20.2 Å². The average molecular weight is 251 g/mol. The summed E-state index contributed by atoms with van der Waals surface area (Å²) in [6, 6.07) is 3.39. The van der Waals surface area contributed by atoms with Crippen molar-refractivity contribution in [3.05, 3.63) is 12.1 Å². The summed E-state index contributed by atoms with van der Waals surface area (Å²) in [5.41, 5.74) is 0.722. The first-order valence-corrected chi connectivity index (χ1v) is 6.12. The second-order valence-corrected chi connectivity index (χ2v) is 4.48. The van der Waals surface area contributed by atoms with Crippen molar-refractivity contribution in [3.8, 4) is 17.2 Å². The van der Waals surface area contributed by atoms with Crippen LogP contribution >= 0.6 is 0 Å². The molecule has 0 bridgehead atoms.